The molecule has 2 rings (SSSR count). The molecule has 5 nitrogen and oxygen atoms in total. The third-order valence-electron chi connectivity index (χ3n) is 3.16. The Hall–Kier alpha value is -0.630. The van der Waals surface area contributed by atoms with Gasteiger partial charge in [0.05, 0.1) is 23.0 Å². The molecule has 1 aliphatic heterocycles. The fourth-order valence-corrected chi connectivity index (χ4v) is 3.65. The summed E-state index contributed by atoms with van der Waals surface area (Å²) >= 11 is 5.17. The second-order valence-electron chi connectivity index (χ2n) is 6.24. The van der Waals surface area contributed by atoms with E-state index in [1.54, 1.807) is 16.2 Å². The Morgan fingerprint density at radius 3 is 2.95 bits per heavy atom. The summed E-state index contributed by atoms with van der Waals surface area (Å²) in [6.45, 7) is 8.80. The molecular weight excluding hydrogens is 368 g/mol. The first kappa shape index (κ1) is 17.7. The summed E-state index contributed by atoms with van der Waals surface area (Å²) in [4.78, 5) is 15.3. The highest BCUT2D eigenvalue weighted by Crippen LogP contribution is 2.22. The average molecular weight is 391 g/mol. The molecule has 1 N–H and O–H groups in total. The smallest absolute Gasteiger partial charge is 0.410 e. The van der Waals surface area contributed by atoms with Crippen LogP contribution in [-0.2, 0) is 16.0 Å². The van der Waals surface area contributed by atoms with Crippen LogP contribution in [0.5, 0.6) is 0 Å². The number of rotatable bonds is 4. The van der Waals surface area contributed by atoms with E-state index >= 15 is 0 Å². The molecule has 0 aliphatic carbocycles. The molecule has 1 fully saturated rings. The van der Waals surface area contributed by atoms with Crippen LogP contribution in [0.1, 0.15) is 25.6 Å². The lowest BCUT2D eigenvalue weighted by Crippen LogP contribution is -2.53. The van der Waals surface area contributed by atoms with Crippen LogP contribution < -0.4 is 5.32 Å². The Balaban J connectivity index is 1.85. The topological polar surface area (TPSA) is 50.8 Å². The number of hydrogen-bond acceptors (Lipinski definition) is 5. The van der Waals surface area contributed by atoms with Crippen LogP contribution in [0.2, 0.25) is 0 Å². The van der Waals surface area contributed by atoms with Crippen LogP contribution in [-0.4, -0.2) is 48.9 Å². The van der Waals surface area contributed by atoms with Crippen LogP contribution in [0.4, 0.5) is 4.79 Å². The van der Waals surface area contributed by atoms with Gasteiger partial charge < -0.3 is 14.8 Å². The van der Waals surface area contributed by atoms with E-state index in [1.165, 1.54) is 4.88 Å². The van der Waals surface area contributed by atoms with Crippen LogP contribution in [0.15, 0.2) is 15.9 Å². The quantitative estimate of drug-likeness (QED) is 0.856. The van der Waals surface area contributed by atoms with Gasteiger partial charge in [-0.3, -0.25) is 4.90 Å². The lowest BCUT2D eigenvalue weighted by molar-refractivity contribution is -0.0317. The second-order valence-corrected chi connectivity index (χ2v) is 8.79. The minimum absolute atomic E-state index is 0.00648. The molecule has 1 aromatic rings. The van der Waals surface area contributed by atoms with Gasteiger partial charge in [-0.05, 0) is 48.8 Å². The molecule has 0 radical (unpaired) electrons. The molecule has 1 unspecified atom stereocenters. The molecule has 0 bridgehead atoms. The van der Waals surface area contributed by atoms with Crippen LogP contribution in [0, 0.1) is 0 Å². The molecule has 0 spiro atoms. The highest BCUT2D eigenvalue weighted by Gasteiger charge is 2.30. The van der Waals surface area contributed by atoms with Gasteiger partial charge in [0.1, 0.15) is 5.60 Å². The standard InChI is InChI=1S/C15H23BrN2O3S/c1-15(2,3)21-14(19)18-6-7-20-10-11(18)8-17-9-12-4-5-13(16)22-12/h4-5,11,17H,6-10H2,1-3H3. The maximum Gasteiger partial charge on any atom is 0.410 e. The third kappa shape index (κ3) is 5.53. The number of carbonyl (C=O) groups excluding carboxylic acids is 1. The van der Waals surface area contributed by atoms with Gasteiger partial charge in [-0.25, -0.2) is 4.79 Å². The van der Waals surface area contributed by atoms with Crippen LogP contribution in [0.25, 0.3) is 0 Å². The summed E-state index contributed by atoms with van der Waals surface area (Å²) in [5, 5.41) is 3.39. The number of nitrogens with zero attached hydrogens (tertiary/aromatic N) is 1. The molecule has 124 valence electrons. The molecule has 2 heterocycles. The van der Waals surface area contributed by atoms with E-state index in [1.807, 2.05) is 26.8 Å². The molecule has 0 aromatic carbocycles. The van der Waals surface area contributed by atoms with Gasteiger partial charge in [0, 0.05) is 24.5 Å². The lowest BCUT2D eigenvalue weighted by atomic mass is 10.2. The first-order valence-electron chi connectivity index (χ1n) is 7.37. The Kier molecular flexibility index (Phi) is 6.26. The van der Waals surface area contributed by atoms with Crippen molar-refractivity contribution >= 4 is 33.4 Å². The zero-order valence-corrected chi connectivity index (χ0v) is 15.6. The normalized spacial score (nSPS) is 19.3. The van der Waals surface area contributed by atoms with E-state index in [9.17, 15) is 4.79 Å². The van der Waals surface area contributed by atoms with Crippen molar-refractivity contribution in [3.63, 3.8) is 0 Å². The van der Waals surface area contributed by atoms with Crippen LogP contribution >= 0.6 is 27.3 Å². The molecule has 1 amide bonds. The maximum absolute atomic E-state index is 12.3. The molecule has 1 aromatic heterocycles. The Bertz CT molecular complexity index is 501. The summed E-state index contributed by atoms with van der Waals surface area (Å²) in [7, 11) is 0. The third-order valence-corrected chi connectivity index (χ3v) is 4.79. The maximum atomic E-state index is 12.3. The zero-order valence-electron chi connectivity index (χ0n) is 13.2. The highest BCUT2D eigenvalue weighted by molar-refractivity contribution is 9.11. The Labute approximate surface area is 144 Å². The number of halogens is 1. The number of thiophene rings is 1. The van der Waals surface area contributed by atoms with Gasteiger partial charge in [0.15, 0.2) is 0 Å². The summed E-state index contributed by atoms with van der Waals surface area (Å²) in [5.74, 6) is 0. The van der Waals surface area contributed by atoms with Gasteiger partial charge in [-0.15, -0.1) is 11.3 Å². The summed E-state index contributed by atoms with van der Waals surface area (Å²) in [5.41, 5.74) is -0.476. The van der Waals surface area contributed by atoms with Crippen molar-refractivity contribution in [1.82, 2.24) is 10.2 Å². The molecule has 22 heavy (non-hydrogen) atoms. The monoisotopic (exact) mass is 390 g/mol. The van der Waals surface area contributed by atoms with Crippen molar-refractivity contribution in [3.05, 3.63) is 20.8 Å². The first-order valence-corrected chi connectivity index (χ1v) is 8.98. The summed E-state index contributed by atoms with van der Waals surface area (Å²) in [6.07, 6.45) is -0.263. The second kappa shape index (κ2) is 7.77. The molecular formula is C15H23BrN2O3S. The number of morpholine rings is 1. The number of hydrogen-bond donors (Lipinski definition) is 1. The number of amides is 1. The van der Waals surface area contributed by atoms with E-state index < -0.39 is 5.60 Å². The minimum atomic E-state index is -0.476. The fraction of sp³-hybridized carbons (Fsp3) is 0.667. The lowest BCUT2D eigenvalue weighted by Gasteiger charge is -2.36. The van der Waals surface area contributed by atoms with E-state index in [-0.39, 0.29) is 12.1 Å². The molecule has 1 saturated heterocycles. The predicted molar refractivity (Wildman–Crippen MR) is 91.3 cm³/mol. The van der Waals surface area contributed by atoms with Gasteiger partial charge in [0.2, 0.25) is 0 Å². The van der Waals surface area contributed by atoms with E-state index in [2.05, 4.69) is 27.3 Å². The van der Waals surface area contributed by atoms with Gasteiger partial charge in [-0.2, -0.15) is 0 Å². The van der Waals surface area contributed by atoms with E-state index in [0.29, 0.717) is 26.3 Å². The number of nitrogens with one attached hydrogen (secondary N) is 1. The van der Waals surface area contributed by atoms with Gasteiger partial charge in [-0.1, -0.05) is 0 Å². The minimum Gasteiger partial charge on any atom is -0.444 e. The fourth-order valence-electron chi connectivity index (χ4n) is 2.19. The summed E-state index contributed by atoms with van der Waals surface area (Å²) < 4.78 is 12.1. The zero-order chi connectivity index (χ0) is 16.2. The van der Waals surface area contributed by atoms with Crippen molar-refractivity contribution in [2.45, 2.75) is 39.0 Å². The molecule has 1 atom stereocenters. The summed E-state index contributed by atoms with van der Waals surface area (Å²) in [6, 6.07) is 4.13. The van der Waals surface area contributed by atoms with E-state index in [4.69, 9.17) is 9.47 Å². The molecule has 0 saturated carbocycles. The number of carbonyl (C=O) groups is 1. The largest absolute Gasteiger partial charge is 0.444 e. The van der Waals surface area contributed by atoms with Crippen molar-refractivity contribution in [2.75, 3.05) is 26.3 Å². The van der Waals surface area contributed by atoms with Crippen molar-refractivity contribution < 1.29 is 14.3 Å². The van der Waals surface area contributed by atoms with Crippen molar-refractivity contribution in [3.8, 4) is 0 Å². The highest BCUT2D eigenvalue weighted by atomic mass is 79.9. The van der Waals surface area contributed by atoms with Crippen molar-refractivity contribution in [1.29, 1.82) is 0 Å². The Morgan fingerprint density at radius 2 is 2.32 bits per heavy atom. The Morgan fingerprint density at radius 1 is 1.55 bits per heavy atom. The average Bonchev–Trinajstić information content (AvgIpc) is 2.83. The number of ether oxygens (including phenoxy) is 2. The van der Waals surface area contributed by atoms with Crippen molar-refractivity contribution in [2.24, 2.45) is 0 Å². The first-order chi connectivity index (χ1) is 10.3. The molecule has 7 heteroatoms. The SMILES string of the molecule is CC(C)(C)OC(=O)N1CCOCC1CNCc1ccc(Br)s1. The van der Waals surface area contributed by atoms with Crippen LogP contribution in [0.3, 0.4) is 0 Å². The van der Waals surface area contributed by atoms with E-state index in [0.717, 1.165) is 10.3 Å². The molecule has 1 aliphatic rings. The van der Waals surface area contributed by atoms with Gasteiger partial charge in [0.25, 0.3) is 0 Å². The predicted octanol–water partition coefficient (Wildman–Crippen LogP) is 3.24. The van der Waals surface area contributed by atoms with Gasteiger partial charge >= 0.3 is 6.09 Å².